The highest BCUT2D eigenvalue weighted by Crippen LogP contribution is 2.37. The third-order valence-electron chi connectivity index (χ3n) is 4.89. The lowest BCUT2D eigenvalue weighted by Crippen LogP contribution is -2.39. The fraction of sp³-hybridized carbons (Fsp3) is 0.273. The number of halogens is 3. The Kier molecular flexibility index (Phi) is 6.84. The van der Waals surface area contributed by atoms with Crippen molar-refractivity contribution in [1.82, 2.24) is 5.32 Å². The molecule has 1 heterocycles. The molecule has 2 aromatic rings. The molecule has 1 unspecified atom stereocenters. The van der Waals surface area contributed by atoms with Gasteiger partial charge in [-0.05, 0) is 54.3 Å². The first-order valence-electron chi connectivity index (χ1n) is 9.63. The van der Waals surface area contributed by atoms with E-state index in [4.69, 9.17) is 5.73 Å². The zero-order valence-corrected chi connectivity index (χ0v) is 16.6. The Balaban J connectivity index is 1.69. The lowest BCUT2D eigenvalue weighted by atomic mass is 9.91. The van der Waals surface area contributed by atoms with Crippen molar-refractivity contribution in [2.24, 2.45) is 11.7 Å². The van der Waals surface area contributed by atoms with Crippen molar-refractivity contribution in [1.29, 1.82) is 0 Å². The molecule has 164 valence electrons. The minimum Gasteiger partial charge on any atom is -0.445 e. The Hall–Kier alpha value is -3.49. The number of fused-ring (bicyclic) bond motifs is 1. The van der Waals surface area contributed by atoms with Crippen LogP contribution in [0.3, 0.4) is 0 Å². The zero-order valence-electron chi connectivity index (χ0n) is 16.6. The summed E-state index contributed by atoms with van der Waals surface area (Å²) in [6, 6.07) is 12.8. The molecular weight excluding hydrogens is 411 g/mol. The number of hydrogen-bond donors (Lipinski definition) is 2. The highest BCUT2D eigenvalue weighted by Gasteiger charge is 2.31. The summed E-state index contributed by atoms with van der Waals surface area (Å²) in [6.45, 7) is 0.823. The smallest absolute Gasteiger partial charge is 0.416 e. The minimum atomic E-state index is -4.39. The van der Waals surface area contributed by atoms with Crippen molar-refractivity contribution in [3.05, 3.63) is 71.8 Å². The van der Waals surface area contributed by atoms with E-state index in [0.717, 1.165) is 29.8 Å². The van der Waals surface area contributed by atoms with Crippen molar-refractivity contribution >= 4 is 23.4 Å². The summed E-state index contributed by atoms with van der Waals surface area (Å²) < 4.78 is 43.2. The van der Waals surface area contributed by atoms with Gasteiger partial charge in [0, 0.05) is 30.5 Å². The second-order valence-electron chi connectivity index (χ2n) is 7.13. The number of primary amides is 1. The topological polar surface area (TPSA) is 84.7 Å². The van der Waals surface area contributed by atoms with Gasteiger partial charge in [-0.1, -0.05) is 18.2 Å². The maximum absolute atomic E-state index is 12.9. The second kappa shape index (κ2) is 9.55. The molecule has 0 spiro atoms. The number of nitrogens with zero attached hydrogens (tertiary/aromatic N) is 1. The second-order valence-corrected chi connectivity index (χ2v) is 7.13. The van der Waals surface area contributed by atoms with Gasteiger partial charge in [-0.3, -0.25) is 4.79 Å². The molecule has 1 atom stereocenters. The summed E-state index contributed by atoms with van der Waals surface area (Å²) in [6.07, 6.45) is -1.95. The molecule has 9 heteroatoms. The van der Waals surface area contributed by atoms with E-state index < -0.39 is 17.8 Å². The molecule has 0 radical (unpaired) electrons. The summed E-state index contributed by atoms with van der Waals surface area (Å²) in [7, 11) is 0. The van der Waals surface area contributed by atoms with Crippen LogP contribution in [-0.4, -0.2) is 31.7 Å². The molecule has 1 aliphatic rings. The molecule has 0 saturated heterocycles. The predicted molar refractivity (Wildman–Crippen MR) is 110 cm³/mol. The number of rotatable bonds is 6. The van der Waals surface area contributed by atoms with Crippen molar-refractivity contribution in [2.45, 2.75) is 12.6 Å². The van der Waals surface area contributed by atoms with Crippen LogP contribution in [0.4, 0.5) is 29.3 Å². The first-order valence-corrected chi connectivity index (χ1v) is 9.63. The van der Waals surface area contributed by atoms with Gasteiger partial charge in [0.25, 0.3) is 0 Å². The van der Waals surface area contributed by atoms with Crippen molar-refractivity contribution in [3.8, 4) is 0 Å². The van der Waals surface area contributed by atoms with Crippen LogP contribution in [0.5, 0.6) is 0 Å². The van der Waals surface area contributed by atoms with Crippen molar-refractivity contribution in [2.75, 3.05) is 24.6 Å². The van der Waals surface area contributed by atoms with Crippen LogP contribution < -0.4 is 16.0 Å². The summed E-state index contributed by atoms with van der Waals surface area (Å²) in [4.78, 5) is 24.4. The van der Waals surface area contributed by atoms with E-state index in [1.54, 1.807) is 0 Å². The fourth-order valence-corrected chi connectivity index (χ4v) is 3.48. The number of para-hydroxylation sites is 1. The molecule has 2 amide bonds. The van der Waals surface area contributed by atoms with Crippen LogP contribution in [-0.2, 0) is 22.1 Å². The normalized spacial score (nSPS) is 16.1. The van der Waals surface area contributed by atoms with Crippen LogP contribution in [0.15, 0.2) is 60.7 Å². The predicted octanol–water partition coefficient (Wildman–Crippen LogP) is 3.78. The van der Waals surface area contributed by atoms with E-state index in [1.165, 1.54) is 24.3 Å². The number of nitrogens with two attached hydrogens (primary N) is 1. The number of anilines is 2. The van der Waals surface area contributed by atoms with Crippen LogP contribution >= 0.6 is 0 Å². The largest absolute Gasteiger partial charge is 0.445 e. The van der Waals surface area contributed by atoms with Gasteiger partial charge in [-0.2, -0.15) is 13.2 Å². The van der Waals surface area contributed by atoms with Gasteiger partial charge in [0.15, 0.2) is 0 Å². The zero-order chi connectivity index (χ0) is 22.4. The highest BCUT2D eigenvalue weighted by molar-refractivity contribution is 5.87. The third kappa shape index (κ3) is 6.00. The van der Waals surface area contributed by atoms with E-state index in [-0.39, 0.29) is 18.4 Å². The monoisotopic (exact) mass is 433 g/mol. The van der Waals surface area contributed by atoms with E-state index in [9.17, 15) is 22.8 Å². The van der Waals surface area contributed by atoms with Crippen molar-refractivity contribution in [3.63, 3.8) is 0 Å². The standard InChI is InChI=1S/C22H22F3N3O3/c23-22(24,25)17-7-9-18(10-8-17)28-14-15(12-16-4-1-2-5-19(16)28)13-27-20(29)6-3-11-31-21(26)30/h1-10,15H,11-14H2,(H2,26,30)(H,27,29)/b6-3+. The SMILES string of the molecule is NC(=O)OC/C=C/C(=O)NCC1Cc2ccccc2N(c2ccc(C(F)(F)F)cc2)C1. The van der Waals surface area contributed by atoms with E-state index in [0.29, 0.717) is 18.8 Å². The van der Waals surface area contributed by atoms with Gasteiger partial charge >= 0.3 is 12.3 Å². The Morgan fingerprint density at radius 1 is 1.16 bits per heavy atom. The van der Waals surface area contributed by atoms with Gasteiger partial charge in [0.1, 0.15) is 6.61 Å². The minimum absolute atomic E-state index is 0.0522. The summed E-state index contributed by atoms with van der Waals surface area (Å²) in [5.41, 5.74) is 6.79. The molecule has 0 fully saturated rings. The van der Waals surface area contributed by atoms with Gasteiger partial charge in [0.05, 0.1) is 5.56 Å². The van der Waals surface area contributed by atoms with Crippen LogP contribution in [0.1, 0.15) is 11.1 Å². The first kappa shape index (κ1) is 22.2. The molecule has 2 aromatic carbocycles. The summed E-state index contributed by atoms with van der Waals surface area (Å²) in [5.74, 6) is -0.288. The van der Waals surface area contributed by atoms with Gasteiger partial charge < -0.3 is 20.7 Å². The highest BCUT2D eigenvalue weighted by atomic mass is 19.4. The van der Waals surface area contributed by atoms with Crippen molar-refractivity contribution < 1.29 is 27.5 Å². The van der Waals surface area contributed by atoms with E-state index >= 15 is 0 Å². The lowest BCUT2D eigenvalue weighted by Gasteiger charge is -2.36. The van der Waals surface area contributed by atoms with Gasteiger partial charge in [-0.15, -0.1) is 0 Å². The molecule has 3 rings (SSSR count). The molecule has 31 heavy (non-hydrogen) atoms. The Morgan fingerprint density at radius 3 is 2.55 bits per heavy atom. The van der Waals surface area contributed by atoms with E-state index in [2.05, 4.69) is 10.1 Å². The number of ether oxygens (including phenoxy) is 1. The Morgan fingerprint density at radius 2 is 1.87 bits per heavy atom. The number of carbonyl (C=O) groups is 2. The number of nitrogens with one attached hydrogen (secondary N) is 1. The number of benzene rings is 2. The van der Waals surface area contributed by atoms with Crippen LogP contribution in [0.25, 0.3) is 0 Å². The molecule has 0 aromatic heterocycles. The average Bonchev–Trinajstić information content (AvgIpc) is 2.74. The molecule has 3 N–H and O–H groups in total. The molecule has 0 aliphatic carbocycles. The molecule has 1 aliphatic heterocycles. The quantitative estimate of drug-likeness (QED) is 0.679. The average molecular weight is 433 g/mol. The first-order chi connectivity index (χ1) is 14.7. The number of alkyl halides is 3. The lowest BCUT2D eigenvalue weighted by molar-refractivity contribution is -0.137. The summed E-state index contributed by atoms with van der Waals surface area (Å²) >= 11 is 0. The molecule has 0 bridgehead atoms. The van der Waals surface area contributed by atoms with Crippen LogP contribution in [0, 0.1) is 5.92 Å². The maximum Gasteiger partial charge on any atom is 0.416 e. The third-order valence-corrected chi connectivity index (χ3v) is 4.89. The summed E-state index contributed by atoms with van der Waals surface area (Å²) in [5, 5.41) is 2.80. The Labute approximate surface area is 177 Å². The molecular formula is C22H22F3N3O3. The maximum atomic E-state index is 12.9. The fourth-order valence-electron chi connectivity index (χ4n) is 3.48. The number of amides is 2. The number of hydrogen-bond acceptors (Lipinski definition) is 4. The Bertz CT molecular complexity index is 958. The van der Waals surface area contributed by atoms with E-state index in [1.807, 2.05) is 29.2 Å². The molecule has 6 nitrogen and oxygen atoms in total. The van der Waals surface area contributed by atoms with Crippen LogP contribution in [0.2, 0.25) is 0 Å². The molecule has 0 saturated carbocycles. The number of carbonyl (C=O) groups excluding carboxylic acids is 2. The van der Waals surface area contributed by atoms with Gasteiger partial charge in [-0.25, -0.2) is 4.79 Å². The van der Waals surface area contributed by atoms with Gasteiger partial charge in [0.2, 0.25) is 5.91 Å².